The van der Waals surface area contributed by atoms with Crippen LogP contribution in [0.1, 0.15) is 31.2 Å². The second-order valence-electron chi connectivity index (χ2n) is 6.46. The van der Waals surface area contributed by atoms with E-state index >= 15 is 0 Å². The number of nitrogens with two attached hydrogens (primary N) is 1. The molecule has 0 heterocycles. The SMILES string of the molecule is NC1CCCC(CNC(=O)Cc2ccc3ccccc3c2)C1. The molecule has 0 spiro atoms. The largest absolute Gasteiger partial charge is 0.356 e. The van der Waals surface area contributed by atoms with E-state index in [9.17, 15) is 4.79 Å². The van der Waals surface area contributed by atoms with Gasteiger partial charge in [0, 0.05) is 12.6 Å². The average molecular weight is 296 g/mol. The van der Waals surface area contributed by atoms with Gasteiger partial charge < -0.3 is 11.1 Å². The number of carbonyl (C=O) groups excluding carboxylic acids is 1. The maximum Gasteiger partial charge on any atom is 0.224 e. The highest BCUT2D eigenvalue weighted by Gasteiger charge is 2.19. The van der Waals surface area contributed by atoms with E-state index in [1.54, 1.807) is 0 Å². The summed E-state index contributed by atoms with van der Waals surface area (Å²) in [6.45, 7) is 0.764. The number of hydrogen-bond donors (Lipinski definition) is 2. The first-order valence-corrected chi connectivity index (χ1v) is 8.20. The molecule has 0 aliphatic heterocycles. The summed E-state index contributed by atoms with van der Waals surface area (Å²) >= 11 is 0. The molecule has 22 heavy (non-hydrogen) atoms. The number of benzene rings is 2. The average Bonchev–Trinajstić information content (AvgIpc) is 2.53. The van der Waals surface area contributed by atoms with Gasteiger partial charge in [0.15, 0.2) is 0 Å². The molecule has 2 unspecified atom stereocenters. The van der Waals surface area contributed by atoms with Crippen LogP contribution in [-0.4, -0.2) is 18.5 Å². The van der Waals surface area contributed by atoms with Crippen LogP contribution in [0.4, 0.5) is 0 Å². The smallest absolute Gasteiger partial charge is 0.224 e. The number of hydrogen-bond acceptors (Lipinski definition) is 2. The lowest BCUT2D eigenvalue weighted by Crippen LogP contribution is -2.36. The highest BCUT2D eigenvalue weighted by atomic mass is 16.1. The summed E-state index contributed by atoms with van der Waals surface area (Å²) in [6, 6.07) is 14.8. The molecule has 1 aliphatic carbocycles. The van der Waals surface area contributed by atoms with Crippen LogP contribution in [0.5, 0.6) is 0 Å². The predicted molar refractivity (Wildman–Crippen MR) is 90.6 cm³/mol. The van der Waals surface area contributed by atoms with E-state index in [0.29, 0.717) is 18.4 Å². The van der Waals surface area contributed by atoms with Crippen molar-refractivity contribution >= 4 is 16.7 Å². The highest BCUT2D eigenvalue weighted by Crippen LogP contribution is 2.22. The first-order valence-electron chi connectivity index (χ1n) is 8.20. The molecule has 2 aromatic carbocycles. The van der Waals surface area contributed by atoms with E-state index in [1.165, 1.54) is 23.6 Å². The molecule has 1 aliphatic rings. The van der Waals surface area contributed by atoms with Crippen molar-refractivity contribution in [1.82, 2.24) is 5.32 Å². The molecule has 1 fully saturated rings. The van der Waals surface area contributed by atoms with Gasteiger partial charge in [-0.05, 0) is 41.5 Å². The second kappa shape index (κ2) is 6.93. The third kappa shape index (κ3) is 3.86. The zero-order chi connectivity index (χ0) is 15.4. The summed E-state index contributed by atoms with van der Waals surface area (Å²) in [5.74, 6) is 0.652. The lowest BCUT2D eigenvalue weighted by molar-refractivity contribution is -0.120. The lowest BCUT2D eigenvalue weighted by atomic mass is 9.86. The topological polar surface area (TPSA) is 55.1 Å². The van der Waals surface area contributed by atoms with Crippen molar-refractivity contribution < 1.29 is 4.79 Å². The van der Waals surface area contributed by atoms with Gasteiger partial charge in [-0.3, -0.25) is 4.79 Å². The summed E-state index contributed by atoms with van der Waals surface area (Å²) in [6.07, 6.45) is 4.98. The highest BCUT2D eigenvalue weighted by molar-refractivity contribution is 5.85. The van der Waals surface area contributed by atoms with Crippen molar-refractivity contribution in [2.45, 2.75) is 38.1 Å². The summed E-state index contributed by atoms with van der Waals surface area (Å²) in [5, 5.41) is 5.47. The second-order valence-corrected chi connectivity index (χ2v) is 6.46. The monoisotopic (exact) mass is 296 g/mol. The minimum absolute atomic E-state index is 0.106. The standard InChI is InChI=1S/C19H24N2O/c20-18-7-3-4-15(11-18)13-21-19(22)12-14-8-9-16-5-1-2-6-17(16)10-14/h1-2,5-6,8-10,15,18H,3-4,7,11-13,20H2,(H,21,22). The van der Waals surface area contributed by atoms with Gasteiger partial charge in [0.05, 0.1) is 6.42 Å². The Balaban J connectivity index is 1.54. The molecule has 3 heteroatoms. The molecule has 116 valence electrons. The molecule has 0 radical (unpaired) electrons. The molecule has 2 atom stereocenters. The Morgan fingerprint density at radius 3 is 2.77 bits per heavy atom. The minimum atomic E-state index is 0.106. The molecular weight excluding hydrogens is 272 g/mol. The summed E-state index contributed by atoms with van der Waals surface area (Å²) < 4.78 is 0. The van der Waals surface area contributed by atoms with Gasteiger partial charge in [-0.15, -0.1) is 0 Å². The maximum absolute atomic E-state index is 12.1. The first kappa shape index (κ1) is 15.0. The number of rotatable bonds is 4. The van der Waals surface area contributed by atoms with Crippen molar-refractivity contribution in [3.8, 4) is 0 Å². The van der Waals surface area contributed by atoms with Crippen LogP contribution in [0.2, 0.25) is 0 Å². The van der Waals surface area contributed by atoms with E-state index in [1.807, 2.05) is 18.2 Å². The van der Waals surface area contributed by atoms with Crippen LogP contribution < -0.4 is 11.1 Å². The summed E-state index contributed by atoms with van der Waals surface area (Å²) in [7, 11) is 0. The Kier molecular flexibility index (Phi) is 4.74. The maximum atomic E-state index is 12.1. The molecule has 1 amide bonds. The number of amides is 1. The van der Waals surface area contributed by atoms with Crippen molar-refractivity contribution in [1.29, 1.82) is 0 Å². The Morgan fingerprint density at radius 1 is 1.14 bits per heavy atom. The van der Waals surface area contributed by atoms with E-state index in [4.69, 9.17) is 5.73 Å². The van der Waals surface area contributed by atoms with Gasteiger partial charge in [0.2, 0.25) is 5.91 Å². The Bertz CT molecular complexity index is 653. The van der Waals surface area contributed by atoms with Crippen molar-refractivity contribution in [2.24, 2.45) is 11.7 Å². The molecule has 0 bridgehead atoms. The third-order valence-corrected chi connectivity index (χ3v) is 4.59. The molecule has 3 N–H and O–H groups in total. The summed E-state index contributed by atoms with van der Waals surface area (Å²) in [5.41, 5.74) is 7.06. The van der Waals surface area contributed by atoms with Gasteiger partial charge in [0.1, 0.15) is 0 Å². The fraction of sp³-hybridized carbons (Fsp3) is 0.421. The normalized spacial score (nSPS) is 21.7. The molecule has 3 rings (SSSR count). The van der Waals surface area contributed by atoms with Crippen molar-refractivity contribution in [3.63, 3.8) is 0 Å². The van der Waals surface area contributed by atoms with Gasteiger partial charge in [0.25, 0.3) is 0 Å². The van der Waals surface area contributed by atoms with Crippen LogP contribution in [0, 0.1) is 5.92 Å². The molecular formula is C19H24N2O. The quantitative estimate of drug-likeness (QED) is 0.911. The van der Waals surface area contributed by atoms with Crippen LogP contribution in [0.15, 0.2) is 42.5 Å². The Hall–Kier alpha value is -1.87. The third-order valence-electron chi connectivity index (χ3n) is 4.59. The molecule has 0 aromatic heterocycles. The van der Waals surface area contributed by atoms with Gasteiger partial charge in [-0.2, -0.15) is 0 Å². The summed E-state index contributed by atoms with van der Waals surface area (Å²) in [4.78, 5) is 12.1. The van der Waals surface area contributed by atoms with E-state index in [-0.39, 0.29) is 5.91 Å². The molecule has 3 nitrogen and oxygen atoms in total. The molecule has 1 saturated carbocycles. The zero-order valence-corrected chi connectivity index (χ0v) is 12.9. The van der Waals surface area contributed by atoms with Gasteiger partial charge in [-0.25, -0.2) is 0 Å². The number of fused-ring (bicyclic) bond motifs is 1. The number of nitrogens with one attached hydrogen (secondary N) is 1. The minimum Gasteiger partial charge on any atom is -0.356 e. The zero-order valence-electron chi connectivity index (χ0n) is 12.9. The molecule has 0 saturated heterocycles. The van der Waals surface area contributed by atoms with Crippen LogP contribution in [0.3, 0.4) is 0 Å². The van der Waals surface area contributed by atoms with Crippen molar-refractivity contribution in [3.05, 3.63) is 48.0 Å². The van der Waals surface area contributed by atoms with Gasteiger partial charge in [-0.1, -0.05) is 48.9 Å². The fourth-order valence-corrected chi connectivity index (χ4v) is 3.37. The van der Waals surface area contributed by atoms with E-state index < -0.39 is 0 Å². The Morgan fingerprint density at radius 2 is 1.95 bits per heavy atom. The predicted octanol–water partition coefficient (Wildman–Crippen LogP) is 3.02. The lowest BCUT2D eigenvalue weighted by Gasteiger charge is -2.26. The Labute approximate surface area is 131 Å². The molecule has 2 aromatic rings. The van der Waals surface area contributed by atoms with E-state index in [0.717, 1.165) is 24.9 Å². The number of carbonyl (C=O) groups is 1. The van der Waals surface area contributed by atoms with Crippen LogP contribution in [-0.2, 0) is 11.2 Å². The fourth-order valence-electron chi connectivity index (χ4n) is 3.37. The van der Waals surface area contributed by atoms with Gasteiger partial charge >= 0.3 is 0 Å². The van der Waals surface area contributed by atoms with Crippen LogP contribution >= 0.6 is 0 Å². The van der Waals surface area contributed by atoms with Crippen molar-refractivity contribution in [2.75, 3.05) is 6.54 Å². The van der Waals surface area contributed by atoms with Crippen LogP contribution in [0.25, 0.3) is 10.8 Å². The van der Waals surface area contributed by atoms with E-state index in [2.05, 4.69) is 29.6 Å². The first-order chi connectivity index (χ1) is 10.7.